The summed E-state index contributed by atoms with van der Waals surface area (Å²) in [5.74, 6) is -8.86. The number of nitrogens with one attached hydrogen (secondary N) is 1. The molecule has 1 amide bonds. The standard InChI is InChI=1S/C13H19F4NO3/c1-6-8(18-11(21)13(16,17)10(14)15)5-4-7(9(19)20)12(6,2)3/h6-8,10H,4-5H2,1-3H3,(H,18,21)(H,19,20). The van der Waals surface area contributed by atoms with Crippen LogP contribution in [0.1, 0.15) is 33.6 Å². The van der Waals surface area contributed by atoms with Gasteiger partial charge in [-0.05, 0) is 24.2 Å². The lowest BCUT2D eigenvalue weighted by Gasteiger charge is -2.46. The van der Waals surface area contributed by atoms with E-state index in [4.69, 9.17) is 5.11 Å². The highest BCUT2D eigenvalue weighted by molar-refractivity contribution is 5.84. The Kier molecular flexibility index (Phi) is 4.90. The van der Waals surface area contributed by atoms with Crippen LogP contribution in [0.5, 0.6) is 0 Å². The van der Waals surface area contributed by atoms with Gasteiger partial charge in [0.15, 0.2) is 0 Å². The quantitative estimate of drug-likeness (QED) is 0.784. The molecule has 0 saturated heterocycles. The zero-order valence-electron chi connectivity index (χ0n) is 12.0. The lowest BCUT2D eigenvalue weighted by molar-refractivity contribution is -0.171. The third-order valence-corrected chi connectivity index (χ3v) is 4.63. The van der Waals surface area contributed by atoms with Gasteiger partial charge >= 0.3 is 18.3 Å². The van der Waals surface area contributed by atoms with E-state index in [0.717, 1.165) is 0 Å². The minimum atomic E-state index is -4.74. The van der Waals surface area contributed by atoms with Gasteiger partial charge in [0.1, 0.15) is 0 Å². The Balaban J connectivity index is 2.84. The van der Waals surface area contributed by atoms with Crippen LogP contribution in [0.15, 0.2) is 0 Å². The number of halogens is 4. The third-order valence-electron chi connectivity index (χ3n) is 4.63. The van der Waals surface area contributed by atoms with E-state index in [9.17, 15) is 27.2 Å². The number of carboxylic acid groups (broad SMARTS) is 1. The Hall–Kier alpha value is -1.34. The van der Waals surface area contributed by atoms with Crippen molar-refractivity contribution in [3.63, 3.8) is 0 Å². The molecule has 3 atom stereocenters. The van der Waals surface area contributed by atoms with Gasteiger partial charge in [0, 0.05) is 6.04 Å². The largest absolute Gasteiger partial charge is 0.481 e. The smallest absolute Gasteiger partial charge is 0.383 e. The number of carbonyl (C=O) groups excluding carboxylic acids is 1. The molecule has 1 aliphatic rings. The van der Waals surface area contributed by atoms with E-state index < -0.39 is 47.5 Å². The first-order chi connectivity index (χ1) is 9.42. The molecule has 0 radical (unpaired) electrons. The fourth-order valence-corrected chi connectivity index (χ4v) is 2.81. The molecule has 4 nitrogen and oxygen atoms in total. The molecule has 0 aromatic carbocycles. The SMILES string of the molecule is CC1C(NC(=O)C(F)(F)C(F)F)CCC(C(=O)O)C1(C)C. The van der Waals surface area contributed by atoms with E-state index >= 15 is 0 Å². The summed E-state index contributed by atoms with van der Waals surface area (Å²) in [4.78, 5) is 22.5. The number of carboxylic acids is 1. The highest BCUT2D eigenvalue weighted by Crippen LogP contribution is 2.45. The van der Waals surface area contributed by atoms with Gasteiger partial charge in [0.2, 0.25) is 0 Å². The van der Waals surface area contributed by atoms with Gasteiger partial charge < -0.3 is 10.4 Å². The molecule has 1 aliphatic carbocycles. The molecule has 1 saturated carbocycles. The summed E-state index contributed by atoms with van der Waals surface area (Å²) in [6, 6.07) is -0.757. The van der Waals surface area contributed by atoms with Crippen LogP contribution in [0.4, 0.5) is 17.6 Å². The van der Waals surface area contributed by atoms with Crippen molar-refractivity contribution in [3.8, 4) is 0 Å². The minimum Gasteiger partial charge on any atom is -0.481 e. The maximum absolute atomic E-state index is 13.0. The number of amides is 1. The number of hydrogen-bond acceptors (Lipinski definition) is 2. The number of alkyl halides is 4. The molecule has 0 heterocycles. The molecule has 0 spiro atoms. The van der Waals surface area contributed by atoms with Crippen molar-refractivity contribution in [1.82, 2.24) is 5.32 Å². The van der Waals surface area contributed by atoms with Gasteiger partial charge in [-0.1, -0.05) is 20.8 Å². The van der Waals surface area contributed by atoms with Crippen LogP contribution in [0.2, 0.25) is 0 Å². The number of aliphatic carboxylic acids is 1. The molecule has 1 rings (SSSR count). The summed E-state index contributed by atoms with van der Waals surface area (Å²) in [7, 11) is 0. The Labute approximate surface area is 119 Å². The molecular weight excluding hydrogens is 294 g/mol. The first-order valence-corrected chi connectivity index (χ1v) is 6.62. The molecule has 21 heavy (non-hydrogen) atoms. The monoisotopic (exact) mass is 313 g/mol. The van der Waals surface area contributed by atoms with E-state index in [2.05, 4.69) is 0 Å². The Morgan fingerprint density at radius 3 is 2.24 bits per heavy atom. The summed E-state index contributed by atoms with van der Waals surface area (Å²) < 4.78 is 50.2. The minimum absolute atomic E-state index is 0.159. The predicted octanol–water partition coefficient (Wildman–Crippen LogP) is 2.53. The van der Waals surface area contributed by atoms with Gasteiger partial charge in [0.05, 0.1) is 5.92 Å². The Bertz CT molecular complexity index is 426. The highest BCUT2D eigenvalue weighted by atomic mass is 19.3. The molecule has 2 N–H and O–H groups in total. The highest BCUT2D eigenvalue weighted by Gasteiger charge is 2.52. The van der Waals surface area contributed by atoms with E-state index in [1.165, 1.54) is 0 Å². The molecular formula is C13H19F4NO3. The fourth-order valence-electron chi connectivity index (χ4n) is 2.81. The van der Waals surface area contributed by atoms with E-state index in [0.29, 0.717) is 0 Å². The molecule has 0 aromatic heterocycles. The number of carbonyl (C=O) groups is 2. The van der Waals surface area contributed by atoms with Crippen molar-refractivity contribution < 1.29 is 32.3 Å². The van der Waals surface area contributed by atoms with Crippen molar-refractivity contribution in [2.45, 2.75) is 52.0 Å². The van der Waals surface area contributed by atoms with Crippen LogP contribution >= 0.6 is 0 Å². The molecule has 0 bridgehead atoms. The number of rotatable bonds is 4. The lowest BCUT2D eigenvalue weighted by Crippen LogP contribution is -2.56. The van der Waals surface area contributed by atoms with Crippen molar-refractivity contribution in [2.75, 3.05) is 0 Å². The Morgan fingerprint density at radius 1 is 1.29 bits per heavy atom. The summed E-state index contributed by atoms with van der Waals surface area (Å²) >= 11 is 0. The van der Waals surface area contributed by atoms with E-state index in [-0.39, 0.29) is 12.8 Å². The third kappa shape index (κ3) is 3.29. The second-order valence-electron chi connectivity index (χ2n) is 6.08. The molecule has 1 fully saturated rings. The normalized spacial score (nSPS) is 29.2. The van der Waals surface area contributed by atoms with E-state index in [1.807, 2.05) is 5.32 Å². The zero-order valence-corrected chi connectivity index (χ0v) is 12.0. The predicted molar refractivity (Wildman–Crippen MR) is 66.2 cm³/mol. The van der Waals surface area contributed by atoms with E-state index in [1.54, 1.807) is 20.8 Å². The Morgan fingerprint density at radius 2 is 1.81 bits per heavy atom. The first kappa shape index (κ1) is 17.7. The summed E-state index contributed by atoms with van der Waals surface area (Å²) in [6.45, 7) is 4.96. The van der Waals surface area contributed by atoms with Crippen LogP contribution in [0, 0.1) is 17.3 Å². The van der Waals surface area contributed by atoms with Crippen LogP contribution in [-0.4, -0.2) is 35.4 Å². The summed E-state index contributed by atoms with van der Waals surface area (Å²) in [5.41, 5.74) is -0.748. The van der Waals surface area contributed by atoms with Crippen LogP contribution in [0.3, 0.4) is 0 Å². The lowest BCUT2D eigenvalue weighted by atomic mass is 9.61. The van der Waals surface area contributed by atoms with Crippen LogP contribution in [-0.2, 0) is 9.59 Å². The molecule has 3 unspecified atom stereocenters. The second kappa shape index (κ2) is 5.81. The van der Waals surface area contributed by atoms with Gasteiger partial charge in [-0.2, -0.15) is 8.78 Å². The molecule has 122 valence electrons. The molecule has 0 aromatic rings. The van der Waals surface area contributed by atoms with Crippen molar-refractivity contribution in [3.05, 3.63) is 0 Å². The average Bonchev–Trinajstić information content (AvgIpc) is 2.34. The maximum Gasteiger partial charge on any atom is 0.383 e. The van der Waals surface area contributed by atoms with Crippen molar-refractivity contribution in [1.29, 1.82) is 0 Å². The summed E-state index contributed by atoms with van der Waals surface area (Å²) in [5, 5.41) is 11.1. The molecule has 0 aliphatic heterocycles. The topological polar surface area (TPSA) is 66.4 Å². The average molecular weight is 313 g/mol. The second-order valence-corrected chi connectivity index (χ2v) is 6.08. The van der Waals surface area contributed by atoms with Crippen molar-refractivity contribution >= 4 is 11.9 Å². The van der Waals surface area contributed by atoms with Gasteiger partial charge in [0.25, 0.3) is 5.91 Å². The molecule has 8 heteroatoms. The summed E-state index contributed by atoms with van der Waals surface area (Å²) in [6.07, 6.45) is -3.72. The fraction of sp³-hybridized carbons (Fsp3) is 0.846. The van der Waals surface area contributed by atoms with Crippen LogP contribution in [0.25, 0.3) is 0 Å². The van der Waals surface area contributed by atoms with Crippen molar-refractivity contribution in [2.24, 2.45) is 17.3 Å². The maximum atomic E-state index is 13.0. The first-order valence-electron chi connectivity index (χ1n) is 6.62. The van der Waals surface area contributed by atoms with Gasteiger partial charge in [-0.25, -0.2) is 8.78 Å². The zero-order chi connectivity index (χ0) is 16.6. The number of hydrogen-bond donors (Lipinski definition) is 2. The van der Waals surface area contributed by atoms with Gasteiger partial charge in [-0.15, -0.1) is 0 Å². The van der Waals surface area contributed by atoms with Gasteiger partial charge in [-0.3, -0.25) is 9.59 Å². The van der Waals surface area contributed by atoms with Crippen LogP contribution < -0.4 is 5.32 Å².